The van der Waals surface area contributed by atoms with Crippen LogP contribution in [-0.2, 0) is 0 Å². The third-order valence-corrected chi connectivity index (χ3v) is 1.87. The van der Waals surface area contributed by atoms with Crippen LogP contribution in [0.3, 0.4) is 0 Å². The summed E-state index contributed by atoms with van der Waals surface area (Å²) >= 11 is 5.77. The standard InChI is InChI=1S/C9H13ClN2O/c10-7-2-1-3-8(4-7)12-6-9(13)5-11/h1-4,9,12-13H,5-6,11H2. The average Bonchev–Trinajstić information content (AvgIpc) is 2.14. The van der Waals surface area contributed by atoms with Gasteiger partial charge in [-0.1, -0.05) is 17.7 Å². The molecule has 1 aromatic carbocycles. The fourth-order valence-corrected chi connectivity index (χ4v) is 1.11. The molecule has 0 saturated heterocycles. The molecule has 0 saturated carbocycles. The van der Waals surface area contributed by atoms with E-state index in [1.165, 1.54) is 0 Å². The molecule has 1 rings (SSSR count). The summed E-state index contributed by atoms with van der Waals surface area (Å²) in [6.07, 6.45) is -0.515. The zero-order valence-electron chi connectivity index (χ0n) is 7.20. The number of aliphatic hydroxyl groups excluding tert-OH is 1. The van der Waals surface area contributed by atoms with Crippen molar-refractivity contribution in [3.8, 4) is 0 Å². The molecular formula is C9H13ClN2O. The first-order chi connectivity index (χ1) is 6.22. The second kappa shape index (κ2) is 5.07. The van der Waals surface area contributed by atoms with Gasteiger partial charge in [-0.05, 0) is 18.2 Å². The predicted molar refractivity (Wildman–Crippen MR) is 55.0 cm³/mol. The minimum Gasteiger partial charge on any atom is -0.390 e. The van der Waals surface area contributed by atoms with E-state index in [4.69, 9.17) is 22.4 Å². The normalized spacial score (nSPS) is 12.5. The second-order valence-electron chi connectivity index (χ2n) is 2.78. The maximum absolute atomic E-state index is 9.17. The van der Waals surface area contributed by atoms with Crippen LogP contribution < -0.4 is 11.1 Å². The van der Waals surface area contributed by atoms with Crippen LogP contribution in [-0.4, -0.2) is 24.3 Å². The van der Waals surface area contributed by atoms with Crippen LogP contribution in [0.5, 0.6) is 0 Å². The van der Waals surface area contributed by atoms with Crippen LogP contribution in [0, 0.1) is 0 Å². The van der Waals surface area contributed by atoms with Crippen molar-refractivity contribution < 1.29 is 5.11 Å². The molecule has 0 heterocycles. The fraction of sp³-hybridized carbons (Fsp3) is 0.333. The van der Waals surface area contributed by atoms with Crippen molar-refractivity contribution in [1.82, 2.24) is 0 Å². The third kappa shape index (κ3) is 3.63. The number of hydrogen-bond acceptors (Lipinski definition) is 3. The summed E-state index contributed by atoms with van der Waals surface area (Å²) in [6.45, 7) is 0.699. The Morgan fingerprint density at radius 1 is 1.54 bits per heavy atom. The van der Waals surface area contributed by atoms with Gasteiger partial charge in [0.2, 0.25) is 0 Å². The number of aliphatic hydroxyl groups is 1. The minimum atomic E-state index is -0.515. The van der Waals surface area contributed by atoms with E-state index in [1.807, 2.05) is 12.1 Å². The third-order valence-electron chi connectivity index (χ3n) is 1.64. The number of hydrogen-bond donors (Lipinski definition) is 3. The summed E-state index contributed by atoms with van der Waals surface area (Å²) in [4.78, 5) is 0. The molecule has 0 bridgehead atoms. The molecule has 3 nitrogen and oxygen atoms in total. The molecule has 0 fully saturated rings. The molecule has 0 aliphatic carbocycles. The topological polar surface area (TPSA) is 58.3 Å². The maximum atomic E-state index is 9.17. The molecule has 72 valence electrons. The number of nitrogens with two attached hydrogens (primary N) is 1. The molecule has 4 N–H and O–H groups in total. The smallest absolute Gasteiger partial charge is 0.0834 e. The zero-order valence-corrected chi connectivity index (χ0v) is 7.96. The summed E-state index contributed by atoms with van der Waals surface area (Å²) in [6, 6.07) is 7.32. The Hall–Kier alpha value is -0.770. The second-order valence-corrected chi connectivity index (χ2v) is 3.22. The largest absolute Gasteiger partial charge is 0.390 e. The van der Waals surface area contributed by atoms with Crippen LogP contribution in [0.25, 0.3) is 0 Å². The fourth-order valence-electron chi connectivity index (χ4n) is 0.917. The molecule has 13 heavy (non-hydrogen) atoms. The number of nitrogens with one attached hydrogen (secondary N) is 1. The first-order valence-corrected chi connectivity index (χ1v) is 4.47. The van der Waals surface area contributed by atoms with Crippen molar-refractivity contribution in [2.45, 2.75) is 6.10 Å². The van der Waals surface area contributed by atoms with Crippen molar-refractivity contribution >= 4 is 17.3 Å². The summed E-state index contributed by atoms with van der Waals surface area (Å²) in [5, 5.41) is 12.9. The van der Waals surface area contributed by atoms with Gasteiger partial charge in [0.1, 0.15) is 0 Å². The van der Waals surface area contributed by atoms with Gasteiger partial charge >= 0.3 is 0 Å². The van der Waals surface area contributed by atoms with E-state index >= 15 is 0 Å². The lowest BCUT2D eigenvalue weighted by molar-refractivity contribution is 0.196. The number of rotatable bonds is 4. The molecule has 1 unspecified atom stereocenters. The molecule has 0 spiro atoms. The molecule has 1 aromatic rings. The van der Waals surface area contributed by atoms with Crippen LogP contribution >= 0.6 is 11.6 Å². The van der Waals surface area contributed by atoms with E-state index in [0.29, 0.717) is 11.6 Å². The predicted octanol–water partition coefficient (Wildman–Crippen LogP) is 1.07. The summed E-state index contributed by atoms with van der Waals surface area (Å²) < 4.78 is 0. The highest BCUT2D eigenvalue weighted by Gasteiger charge is 1.99. The van der Waals surface area contributed by atoms with Crippen molar-refractivity contribution in [2.75, 3.05) is 18.4 Å². The van der Waals surface area contributed by atoms with Crippen molar-refractivity contribution in [1.29, 1.82) is 0 Å². The molecule has 0 amide bonds. The average molecular weight is 201 g/mol. The molecule has 0 aromatic heterocycles. The van der Waals surface area contributed by atoms with Crippen LogP contribution in [0.2, 0.25) is 5.02 Å². The van der Waals surface area contributed by atoms with Crippen LogP contribution in [0.15, 0.2) is 24.3 Å². The lowest BCUT2D eigenvalue weighted by Crippen LogP contribution is -2.27. The van der Waals surface area contributed by atoms with Gasteiger partial charge in [-0.15, -0.1) is 0 Å². The van der Waals surface area contributed by atoms with Crippen molar-refractivity contribution in [3.63, 3.8) is 0 Å². The van der Waals surface area contributed by atoms with Gasteiger partial charge in [-0.25, -0.2) is 0 Å². The van der Waals surface area contributed by atoms with Gasteiger partial charge in [0.25, 0.3) is 0 Å². The Morgan fingerprint density at radius 3 is 2.92 bits per heavy atom. The Balaban J connectivity index is 2.45. The van der Waals surface area contributed by atoms with Gasteiger partial charge in [-0.2, -0.15) is 0 Å². The molecule has 0 radical (unpaired) electrons. The molecule has 4 heteroatoms. The van der Waals surface area contributed by atoms with E-state index in [9.17, 15) is 0 Å². The van der Waals surface area contributed by atoms with Crippen LogP contribution in [0.4, 0.5) is 5.69 Å². The Morgan fingerprint density at radius 2 is 2.31 bits per heavy atom. The summed E-state index contributed by atoms with van der Waals surface area (Å²) in [5.41, 5.74) is 6.14. The molecule has 0 aliphatic heterocycles. The van der Waals surface area contributed by atoms with Crippen molar-refractivity contribution in [3.05, 3.63) is 29.3 Å². The monoisotopic (exact) mass is 200 g/mol. The van der Waals surface area contributed by atoms with E-state index in [1.54, 1.807) is 12.1 Å². The summed E-state index contributed by atoms with van der Waals surface area (Å²) in [7, 11) is 0. The number of halogens is 1. The minimum absolute atomic E-state index is 0.258. The lowest BCUT2D eigenvalue weighted by atomic mass is 10.3. The van der Waals surface area contributed by atoms with Gasteiger partial charge < -0.3 is 16.2 Å². The first-order valence-electron chi connectivity index (χ1n) is 4.10. The highest BCUT2D eigenvalue weighted by atomic mass is 35.5. The quantitative estimate of drug-likeness (QED) is 0.682. The Labute approximate surface area is 82.5 Å². The van der Waals surface area contributed by atoms with Gasteiger partial charge in [0.15, 0.2) is 0 Å². The van der Waals surface area contributed by atoms with E-state index in [2.05, 4.69) is 5.32 Å². The highest BCUT2D eigenvalue weighted by molar-refractivity contribution is 6.30. The zero-order chi connectivity index (χ0) is 9.68. The van der Waals surface area contributed by atoms with E-state index < -0.39 is 6.10 Å². The van der Waals surface area contributed by atoms with Crippen LogP contribution in [0.1, 0.15) is 0 Å². The maximum Gasteiger partial charge on any atom is 0.0834 e. The number of anilines is 1. The lowest BCUT2D eigenvalue weighted by Gasteiger charge is -2.10. The SMILES string of the molecule is NCC(O)CNc1cccc(Cl)c1. The van der Waals surface area contributed by atoms with Gasteiger partial charge in [-0.3, -0.25) is 0 Å². The van der Waals surface area contributed by atoms with E-state index in [-0.39, 0.29) is 6.54 Å². The van der Waals surface area contributed by atoms with Gasteiger partial charge in [0.05, 0.1) is 6.10 Å². The van der Waals surface area contributed by atoms with Gasteiger partial charge in [0, 0.05) is 23.8 Å². The first kappa shape index (κ1) is 10.3. The molecule has 1 atom stereocenters. The molecular weight excluding hydrogens is 188 g/mol. The van der Waals surface area contributed by atoms with Crippen molar-refractivity contribution in [2.24, 2.45) is 5.73 Å². The Bertz CT molecular complexity index is 268. The summed E-state index contributed by atoms with van der Waals surface area (Å²) in [5.74, 6) is 0. The molecule has 0 aliphatic rings. The highest BCUT2D eigenvalue weighted by Crippen LogP contribution is 2.14. The number of benzene rings is 1. The Kier molecular flexibility index (Phi) is 4.02. The van der Waals surface area contributed by atoms with E-state index in [0.717, 1.165) is 5.69 Å².